The van der Waals surface area contributed by atoms with Gasteiger partial charge in [-0.2, -0.15) is 9.61 Å². The van der Waals surface area contributed by atoms with Gasteiger partial charge in [0.05, 0.1) is 36.7 Å². The number of rotatable bonds is 5. The predicted molar refractivity (Wildman–Crippen MR) is 126 cm³/mol. The smallest absolute Gasteiger partial charge is 0.257 e. The van der Waals surface area contributed by atoms with Crippen molar-refractivity contribution in [2.24, 2.45) is 0 Å². The number of carbonyl (C=O) groups excluding carboxylic acids is 1. The lowest BCUT2D eigenvalue weighted by Crippen LogP contribution is -2.48. The van der Waals surface area contributed by atoms with Crippen molar-refractivity contribution in [2.75, 3.05) is 25.6 Å². The zero-order valence-corrected chi connectivity index (χ0v) is 19.2. The number of aromatic nitrogens is 5. The fraction of sp³-hybridized carbons (Fsp3) is 0.417. The van der Waals surface area contributed by atoms with E-state index in [2.05, 4.69) is 20.7 Å². The van der Waals surface area contributed by atoms with Gasteiger partial charge in [-0.15, -0.1) is 0 Å². The zero-order valence-electron chi connectivity index (χ0n) is 19.2. The van der Waals surface area contributed by atoms with Crippen LogP contribution < -0.4 is 10.6 Å². The molecule has 2 aromatic heterocycles. The number of alkyl halides is 1. The maximum Gasteiger partial charge on any atom is 0.257 e. The van der Waals surface area contributed by atoms with Gasteiger partial charge in [-0.05, 0) is 31.4 Å². The number of nitrogens with zero attached hydrogens (tertiary/aromatic N) is 5. The number of amides is 1. The number of halogens is 1. The van der Waals surface area contributed by atoms with Crippen molar-refractivity contribution in [3.63, 3.8) is 0 Å². The lowest BCUT2D eigenvalue weighted by Gasteiger charge is -2.31. The number of aliphatic hydroxyl groups excluding tert-OH is 1. The molecule has 1 aliphatic carbocycles. The van der Waals surface area contributed by atoms with Crippen molar-refractivity contribution in [3.05, 3.63) is 42.4 Å². The summed E-state index contributed by atoms with van der Waals surface area (Å²) in [4.78, 5) is 22.3. The zero-order chi connectivity index (χ0) is 24.1. The molecule has 0 aromatic carbocycles. The molecule has 1 amide bonds. The van der Waals surface area contributed by atoms with Gasteiger partial charge >= 0.3 is 0 Å². The lowest BCUT2D eigenvalue weighted by molar-refractivity contribution is -0.0383. The van der Waals surface area contributed by atoms with E-state index >= 15 is 0 Å². The third kappa shape index (κ3) is 3.62. The van der Waals surface area contributed by atoms with E-state index in [1.54, 1.807) is 17.8 Å². The van der Waals surface area contributed by atoms with E-state index in [1.165, 1.54) is 6.20 Å². The van der Waals surface area contributed by atoms with E-state index < -0.39 is 24.2 Å². The van der Waals surface area contributed by atoms with E-state index in [9.17, 15) is 14.3 Å². The second-order valence-electron chi connectivity index (χ2n) is 9.07. The van der Waals surface area contributed by atoms with E-state index in [-0.39, 0.29) is 11.6 Å². The number of aliphatic hydroxyl groups is 1. The summed E-state index contributed by atoms with van der Waals surface area (Å²) in [5.74, 6) is 0.997. The van der Waals surface area contributed by atoms with Crippen LogP contribution in [0, 0.1) is 0 Å². The van der Waals surface area contributed by atoms with E-state index in [1.807, 2.05) is 29.0 Å². The highest BCUT2D eigenvalue weighted by Crippen LogP contribution is 2.37. The maximum absolute atomic E-state index is 13.7. The fourth-order valence-corrected chi connectivity index (χ4v) is 4.87. The maximum atomic E-state index is 13.7. The average molecular weight is 480 g/mol. The lowest BCUT2D eigenvalue weighted by atomic mass is 9.90. The first-order chi connectivity index (χ1) is 17.0. The van der Waals surface area contributed by atoms with Crippen molar-refractivity contribution in [3.8, 4) is 22.6 Å². The highest BCUT2D eigenvalue weighted by molar-refractivity contribution is 6.00. The summed E-state index contributed by atoms with van der Waals surface area (Å²) >= 11 is 0. The molecule has 1 saturated carbocycles. The normalized spacial score (nSPS) is 24.4. The number of fused-ring (bicyclic) bond motifs is 2. The molecule has 182 valence electrons. The molecule has 0 radical (unpaired) electrons. The summed E-state index contributed by atoms with van der Waals surface area (Å²) in [5.41, 5.74) is 2.95. The molecular formula is C24H26FN7O3. The van der Waals surface area contributed by atoms with Crippen molar-refractivity contribution < 1.29 is 19.0 Å². The first kappa shape index (κ1) is 21.9. The third-order valence-electron chi connectivity index (χ3n) is 7.00. The van der Waals surface area contributed by atoms with Gasteiger partial charge in [0, 0.05) is 43.2 Å². The molecule has 0 spiro atoms. The molecule has 0 bridgehead atoms. The van der Waals surface area contributed by atoms with Crippen molar-refractivity contribution in [1.29, 1.82) is 0 Å². The molecule has 1 unspecified atom stereocenters. The molecule has 4 aliphatic rings. The van der Waals surface area contributed by atoms with Crippen LogP contribution in [0.4, 0.5) is 10.2 Å². The summed E-state index contributed by atoms with van der Waals surface area (Å²) in [5, 5.41) is 20.7. The molecule has 4 atom stereocenters. The summed E-state index contributed by atoms with van der Waals surface area (Å²) in [6.45, 7) is 0.875. The molecule has 11 heteroatoms. The largest absolute Gasteiger partial charge is 0.389 e. The highest BCUT2D eigenvalue weighted by Gasteiger charge is 2.33. The Kier molecular flexibility index (Phi) is 5.37. The molecule has 3 N–H and O–H groups in total. The van der Waals surface area contributed by atoms with Crippen molar-refractivity contribution in [1.82, 2.24) is 29.5 Å². The Morgan fingerprint density at radius 3 is 2.89 bits per heavy atom. The molecule has 5 heterocycles. The molecule has 2 aromatic rings. The van der Waals surface area contributed by atoms with Crippen LogP contribution in [0.3, 0.4) is 0 Å². The second kappa shape index (κ2) is 8.58. The molecular weight excluding hydrogens is 453 g/mol. The number of carbonyl (C=O) groups is 1. The van der Waals surface area contributed by atoms with Gasteiger partial charge in [0.2, 0.25) is 0 Å². The minimum absolute atomic E-state index is 0.130. The van der Waals surface area contributed by atoms with E-state index in [4.69, 9.17) is 9.72 Å². The van der Waals surface area contributed by atoms with Gasteiger partial charge in [0.25, 0.3) is 5.91 Å². The molecule has 3 aliphatic heterocycles. The Morgan fingerprint density at radius 2 is 2.14 bits per heavy atom. The van der Waals surface area contributed by atoms with Crippen LogP contribution in [0.1, 0.15) is 35.7 Å². The van der Waals surface area contributed by atoms with Crippen molar-refractivity contribution in [2.45, 2.75) is 43.6 Å². The first-order valence-corrected chi connectivity index (χ1v) is 11.8. The Morgan fingerprint density at radius 1 is 1.26 bits per heavy atom. The molecule has 35 heavy (non-hydrogen) atoms. The Bertz CT molecular complexity index is 1370. The van der Waals surface area contributed by atoms with Crippen LogP contribution in [0.25, 0.3) is 28.3 Å². The van der Waals surface area contributed by atoms with Gasteiger partial charge in [-0.3, -0.25) is 4.79 Å². The monoisotopic (exact) mass is 479 g/mol. The Hall–Kier alpha value is -3.57. The summed E-state index contributed by atoms with van der Waals surface area (Å²) in [6.07, 6.45) is 5.28. The van der Waals surface area contributed by atoms with Crippen LogP contribution in [0.15, 0.2) is 36.8 Å². The second-order valence-corrected chi connectivity index (χ2v) is 9.07. The number of pyridine rings is 1. The van der Waals surface area contributed by atoms with Crippen LogP contribution in [0.5, 0.6) is 0 Å². The number of hydrogen-bond donors (Lipinski definition) is 3. The van der Waals surface area contributed by atoms with Gasteiger partial charge < -0.3 is 25.0 Å². The van der Waals surface area contributed by atoms with Crippen molar-refractivity contribution >= 4 is 17.4 Å². The van der Waals surface area contributed by atoms with Gasteiger partial charge in [-0.1, -0.05) is 0 Å². The summed E-state index contributed by atoms with van der Waals surface area (Å²) in [7, 11) is 1.77. The molecule has 1 saturated heterocycles. The molecule has 2 fully saturated rings. The van der Waals surface area contributed by atoms with E-state index in [0.717, 1.165) is 17.0 Å². The summed E-state index contributed by atoms with van der Waals surface area (Å²) in [6, 6.07) is 5.14. The quantitative estimate of drug-likeness (QED) is 0.402. The number of nitrogens with one attached hydrogen (secondary N) is 2. The van der Waals surface area contributed by atoms with Crippen LogP contribution >= 0.6 is 0 Å². The minimum atomic E-state index is -1.01. The average Bonchev–Trinajstić information content (AvgIpc) is 3.50. The third-order valence-corrected chi connectivity index (χ3v) is 7.00. The van der Waals surface area contributed by atoms with Gasteiger partial charge in [-0.25, -0.2) is 14.4 Å². The van der Waals surface area contributed by atoms with Gasteiger partial charge in [0.15, 0.2) is 5.65 Å². The standard InChI is InChI=1S/C24H26FN7O3/c1-26-21-9-18(29-23-15(11-28-32(21)23)24(34)30-17-5-4-16(17)25)14-10-27-22-13(14)3-2-7-31(22)19-6-8-35-12-20(19)33/h2-3,7,9-11,16-17,19-20,26,33H,4-6,8,12H2,1H3,(H,30,34)/t16-,17-,19?,20-/m0/s1. The van der Waals surface area contributed by atoms with E-state index in [0.29, 0.717) is 49.6 Å². The number of hydrogen-bond acceptors (Lipinski definition) is 7. The SMILES string of the molecule is CNc1cc(-c2cnc3n(C4CCOC[C@@H]4O)cccc2-3)nc2c(C(=O)N[C@H]3CC[C@@H]3F)cnn12. The molecule has 10 nitrogen and oxygen atoms in total. The Balaban J connectivity index is 1.40. The molecule has 6 rings (SSSR count). The number of ether oxygens (including phenoxy) is 1. The Labute approximate surface area is 200 Å². The minimum Gasteiger partial charge on any atom is -0.389 e. The van der Waals surface area contributed by atoms with Crippen LogP contribution in [0.2, 0.25) is 0 Å². The van der Waals surface area contributed by atoms with Gasteiger partial charge in [0.1, 0.15) is 23.4 Å². The number of anilines is 1. The first-order valence-electron chi connectivity index (χ1n) is 11.8. The van der Waals surface area contributed by atoms with Crippen LogP contribution in [-0.2, 0) is 4.74 Å². The topological polar surface area (TPSA) is 119 Å². The predicted octanol–water partition coefficient (Wildman–Crippen LogP) is 2.29. The highest BCUT2D eigenvalue weighted by atomic mass is 19.1. The fourth-order valence-electron chi connectivity index (χ4n) is 4.87. The van der Waals surface area contributed by atoms with Crippen LogP contribution in [-0.4, -0.2) is 73.7 Å². The summed E-state index contributed by atoms with van der Waals surface area (Å²) < 4.78 is 22.7.